The number of ether oxygens (including phenoxy) is 1. The Morgan fingerprint density at radius 2 is 2.50 bits per heavy atom. The summed E-state index contributed by atoms with van der Waals surface area (Å²) in [4.78, 5) is 16.2. The summed E-state index contributed by atoms with van der Waals surface area (Å²) in [6, 6.07) is 0.140. The van der Waals surface area contributed by atoms with Crippen LogP contribution in [-0.2, 0) is 16.1 Å². The van der Waals surface area contributed by atoms with Crippen LogP contribution in [0.4, 0.5) is 0 Å². The van der Waals surface area contributed by atoms with Crippen molar-refractivity contribution in [2.45, 2.75) is 25.9 Å². The van der Waals surface area contributed by atoms with Crippen molar-refractivity contribution in [1.82, 2.24) is 15.6 Å². The van der Waals surface area contributed by atoms with Gasteiger partial charge in [-0.05, 0) is 13.0 Å². The number of hydrogen-bond acceptors (Lipinski definition) is 5. The summed E-state index contributed by atoms with van der Waals surface area (Å²) in [5.74, 6) is -0.0344. The summed E-state index contributed by atoms with van der Waals surface area (Å²) < 4.78 is 5.39. The first kappa shape index (κ1) is 13.5. The number of carbonyl (C=O) groups is 1. The van der Waals surface area contributed by atoms with Crippen molar-refractivity contribution >= 4 is 17.2 Å². The Morgan fingerprint density at radius 1 is 1.61 bits per heavy atom. The lowest BCUT2D eigenvalue weighted by Crippen LogP contribution is -2.44. The van der Waals surface area contributed by atoms with Crippen molar-refractivity contribution < 1.29 is 9.53 Å². The monoisotopic (exact) mass is 269 g/mol. The highest BCUT2D eigenvalue weighted by Crippen LogP contribution is 2.14. The molecule has 2 N–H and O–H groups in total. The number of aromatic nitrogens is 1. The molecule has 1 saturated heterocycles. The Labute approximate surface area is 111 Å². The first-order valence-electron chi connectivity index (χ1n) is 6.28. The molecule has 0 spiro atoms. The lowest BCUT2D eigenvalue weighted by molar-refractivity contribution is -0.125. The van der Waals surface area contributed by atoms with Crippen molar-refractivity contribution in [1.29, 1.82) is 0 Å². The molecule has 1 amide bonds. The first-order chi connectivity index (χ1) is 8.81. The fourth-order valence-corrected chi connectivity index (χ4v) is 2.53. The van der Waals surface area contributed by atoms with Crippen LogP contribution in [0.1, 0.15) is 18.4 Å². The van der Waals surface area contributed by atoms with Crippen LogP contribution in [0.15, 0.2) is 11.6 Å². The molecule has 5 nitrogen and oxygen atoms in total. The van der Waals surface area contributed by atoms with Crippen LogP contribution in [-0.4, -0.2) is 36.7 Å². The van der Waals surface area contributed by atoms with E-state index in [1.807, 2.05) is 5.38 Å². The first-order valence-corrected chi connectivity index (χ1v) is 7.16. The number of nitrogens with zero attached hydrogens (tertiary/aromatic N) is 1. The number of thiazole rings is 1. The van der Waals surface area contributed by atoms with Crippen molar-refractivity contribution in [3.05, 3.63) is 16.6 Å². The van der Waals surface area contributed by atoms with Gasteiger partial charge in [0.15, 0.2) is 0 Å². The van der Waals surface area contributed by atoms with Gasteiger partial charge in [-0.3, -0.25) is 4.79 Å². The van der Waals surface area contributed by atoms with E-state index in [1.54, 1.807) is 17.5 Å². The zero-order valence-electron chi connectivity index (χ0n) is 10.5. The Bertz CT molecular complexity index is 369. The predicted molar refractivity (Wildman–Crippen MR) is 70.4 cm³/mol. The molecule has 100 valence electrons. The molecule has 0 aliphatic carbocycles. The minimum Gasteiger partial charge on any atom is -0.379 e. The third-order valence-corrected chi connectivity index (χ3v) is 3.75. The quantitative estimate of drug-likeness (QED) is 0.801. The van der Waals surface area contributed by atoms with E-state index in [0.717, 1.165) is 18.0 Å². The average molecular weight is 269 g/mol. The molecule has 1 fully saturated rings. The molecule has 2 unspecified atom stereocenters. The third kappa shape index (κ3) is 3.51. The van der Waals surface area contributed by atoms with Gasteiger partial charge in [0, 0.05) is 17.6 Å². The van der Waals surface area contributed by atoms with Crippen LogP contribution >= 0.6 is 11.3 Å². The molecule has 0 bridgehead atoms. The van der Waals surface area contributed by atoms with E-state index < -0.39 is 0 Å². The third-order valence-electron chi connectivity index (χ3n) is 2.97. The van der Waals surface area contributed by atoms with Crippen LogP contribution in [0.3, 0.4) is 0 Å². The van der Waals surface area contributed by atoms with E-state index in [-0.39, 0.29) is 17.9 Å². The summed E-state index contributed by atoms with van der Waals surface area (Å²) in [5.41, 5.74) is 0. The fraction of sp³-hybridized carbons (Fsp3) is 0.667. The molecule has 0 radical (unpaired) electrons. The number of nitrogens with one attached hydrogen (secondary N) is 2. The van der Waals surface area contributed by atoms with Crippen LogP contribution in [0.5, 0.6) is 0 Å². The maximum absolute atomic E-state index is 12.1. The van der Waals surface area contributed by atoms with Crippen LogP contribution in [0, 0.1) is 5.92 Å². The van der Waals surface area contributed by atoms with E-state index in [1.165, 1.54) is 0 Å². The largest absolute Gasteiger partial charge is 0.379 e. The van der Waals surface area contributed by atoms with Crippen molar-refractivity contribution in [3.63, 3.8) is 0 Å². The standard InChI is InChI=1S/C12H19N3O2S/c1-2-3-13-10-8-17-7-9(10)12(16)15-6-11-14-4-5-18-11/h4-5,9-10,13H,2-3,6-8H2,1H3,(H,15,16). The summed E-state index contributed by atoms with van der Waals surface area (Å²) in [6.07, 6.45) is 2.81. The lowest BCUT2D eigenvalue weighted by Gasteiger charge is -2.18. The van der Waals surface area contributed by atoms with Gasteiger partial charge in [-0.15, -0.1) is 11.3 Å². The van der Waals surface area contributed by atoms with Gasteiger partial charge in [0.25, 0.3) is 0 Å². The zero-order chi connectivity index (χ0) is 12.8. The highest BCUT2D eigenvalue weighted by Gasteiger charge is 2.33. The van der Waals surface area contributed by atoms with Crippen molar-refractivity contribution in [2.24, 2.45) is 5.92 Å². The smallest absolute Gasteiger partial charge is 0.227 e. The molecule has 1 aromatic heterocycles. The Hall–Kier alpha value is -0.980. The second-order valence-electron chi connectivity index (χ2n) is 4.35. The molecule has 18 heavy (non-hydrogen) atoms. The van der Waals surface area contributed by atoms with E-state index in [2.05, 4.69) is 22.5 Å². The molecule has 6 heteroatoms. The molecular formula is C12H19N3O2S. The molecule has 0 aromatic carbocycles. The van der Waals surface area contributed by atoms with E-state index in [4.69, 9.17) is 4.74 Å². The normalized spacial score (nSPS) is 23.2. The fourth-order valence-electron chi connectivity index (χ4n) is 1.98. The Balaban J connectivity index is 1.80. The molecule has 1 aromatic rings. The molecule has 1 aliphatic rings. The highest BCUT2D eigenvalue weighted by molar-refractivity contribution is 7.09. The Kier molecular flexibility index (Phi) is 5.10. The van der Waals surface area contributed by atoms with Crippen LogP contribution in [0.2, 0.25) is 0 Å². The molecule has 2 heterocycles. The van der Waals surface area contributed by atoms with Crippen LogP contribution < -0.4 is 10.6 Å². The number of hydrogen-bond donors (Lipinski definition) is 2. The second kappa shape index (κ2) is 6.82. The molecular weight excluding hydrogens is 250 g/mol. The molecule has 2 rings (SSSR count). The van der Waals surface area contributed by atoms with Crippen molar-refractivity contribution in [2.75, 3.05) is 19.8 Å². The van der Waals surface area contributed by atoms with Gasteiger partial charge in [-0.25, -0.2) is 4.98 Å². The number of carbonyl (C=O) groups excluding carboxylic acids is 1. The number of amides is 1. The van der Waals surface area contributed by atoms with Gasteiger partial charge in [0.05, 0.1) is 25.7 Å². The summed E-state index contributed by atoms with van der Waals surface area (Å²) in [7, 11) is 0. The topological polar surface area (TPSA) is 63.2 Å². The van der Waals surface area contributed by atoms with Gasteiger partial charge in [-0.2, -0.15) is 0 Å². The van der Waals surface area contributed by atoms with Crippen molar-refractivity contribution in [3.8, 4) is 0 Å². The predicted octanol–water partition coefficient (Wildman–Crippen LogP) is 0.774. The molecule has 2 atom stereocenters. The summed E-state index contributed by atoms with van der Waals surface area (Å²) >= 11 is 1.55. The van der Waals surface area contributed by atoms with E-state index >= 15 is 0 Å². The summed E-state index contributed by atoms with van der Waals surface area (Å²) in [6.45, 7) is 4.67. The van der Waals surface area contributed by atoms with E-state index in [0.29, 0.717) is 19.8 Å². The minimum atomic E-state index is -0.0866. The lowest BCUT2D eigenvalue weighted by atomic mass is 10.0. The maximum Gasteiger partial charge on any atom is 0.227 e. The van der Waals surface area contributed by atoms with Gasteiger partial charge < -0.3 is 15.4 Å². The second-order valence-corrected chi connectivity index (χ2v) is 5.33. The SMILES string of the molecule is CCCNC1COCC1C(=O)NCc1nccs1. The number of rotatable bonds is 6. The highest BCUT2D eigenvalue weighted by atomic mass is 32.1. The summed E-state index contributed by atoms with van der Waals surface area (Å²) in [5, 5.41) is 9.12. The average Bonchev–Trinajstić information content (AvgIpc) is 3.04. The minimum absolute atomic E-state index is 0.0521. The van der Waals surface area contributed by atoms with Crippen LogP contribution in [0.25, 0.3) is 0 Å². The van der Waals surface area contributed by atoms with Gasteiger partial charge in [0.2, 0.25) is 5.91 Å². The molecule has 0 saturated carbocycles. The van der Waals surface area contributed by atoms with Gasteiger partial charge >= 0.3 is 0 Å². The van der Waals surface area contributed by atoms with Gasteiger partial charge in [0.1, 0.15) is 5.01 Å². The maximum atomic E-state index is 12.1. The Morgan fingerprint density at radius 3 is 3.22 bits per heavy atom. The molecule has 1 aliphatic heterocycles. The zero-order valence-corrected chi connectivity index (χ0v) is 11.3. The van der Waals surface area contributed by atoms with E-state index in [9.17, 15) is 4.79 Å². The van der Waals surface area contributed by atoms with Gasteiger partial charge in [-0.1, -0.05) is 6.92 Å².